The van der Waals surface area contributed by atoms with Crippen LogP contribution < -0.4 is 0 Å². The van der Waals surface area contributed by atoms with Crippen molar-refractivity contribution in [2.24, 2.45) is 0 Å². The topological polar surface area (TPSA) is 0 Å². The van der Waals surface area contributed by atoms with E-state index in [1.54, 1.807) is 0 Å². The molecule has 5 heavy (non-hydrogen) atoms. The van der Waals surface area contributed by atoms with Gasteiger partial charge in [-0.1, -0.05) is 6.92 Å². The minimum atomic E-state index is 0.568. The maximum absolute atomic E-state index is 2.36. The molecule has 1 rings (SSSR count). The van der Waals surface area contributed by atoms with Crippen molar-refractivity contribution in [1.29, 1.82) is 0 Å². The zero-order valence-corrected chi connectivity index (χ0v) is 4.63. The van der Waals surface area contributed by atoms with E-state index < -0.39 is 0 Å². The third-order valence-corrected chi connectivity index (χ3v) is 3.51. The van der Waals surface area contributed by atoms with Gasteiger partial charge in [-0.25, -0.2) is 0 Å². The van der Waals surface area contributed by atoms with E-state index in [1.165, 1.54) is 6.16 Å². The van der Waals surface area contributed by atoms with Gasteiger partial charge >= 0.3 is 0 Å². The lowest BCUT2D eigenvalue weighted by Gasteiger charge is -1.68. The van der Waals surface area contributed by atoms with Crippen molar-refractivity contribution < 1.29 is 0 Å². The average molecular weight is 88.1 g/mol. The van der Waals surface area contributed by atoms with Crippen molar-refractivity contribution in [3.05, 3.63) is 0 Å². The highest BCUT2D eigenvalue weighted by molar-refractivity contribution is 7.65. The van der Waals surface area contributed by atoms with Crippen LogP contribution in [0.1, 0.15) is 6.92 Å². The van der Waals surface area contributed by atoms with Crippen LogP contribution in [0.2, 0.25) is 0 Å². The van der Waals surface area contributed by atoms with Crippen LogP contribution in [0.3, 0.4) is 0 Å². The highest BCUT2D eigenvalue weighted by Gasteiger charge is 2.25. The van der Waals surface area contributed by atoms with Crippen molar-refractivity contribution in [1.82, 2.24) is 0 Å². The zero-order valence-electron chi connectivity index (χ0n) is 3.73. The third-order valence-electron chi connectivity index (χ3n) is 1.17. The fourth-order valence-corrected chi connectivity index (χ4v) is 1.60. The van der Waals surface area contributed by atoms with E-state index in [0.29, 0.717) is 7.92 Å². The molecule has 0 spiro atoms. The van der Waals surface area contributed by atoms with Gasteiger partial charge in [0.15, 0.2) is 0 Å². The van der Waals surface area contributed by atoms with Crippen LogP contribution in [0.25, 0.3) is 0 Å². The van der Waals surface area contributed by atoms with Gasteiger partial charge in [0.25, 0.3) is 0 Å². The molecule has 0 amide bonds. The Labute approximate surface area is 34.3 Å². The quantitative estimate of drug-likeness (QED) is 0.393. The summed E-state index contributed by atoms with van der Waals surface area (Å²) in [6, 6.07) is 0. The molecule has 1 saturated heterocycles. The second-order valence-electron chi connectivity index (χ2n) is 1.79. The summed E-state index contributed by atoms with van der Waals surface area (Å²) in [5.74, 6) is 0. The fourth-order valence-electron chi connectivity index (χ4n) is 0.370. The lowest BCUT2D eigenvalue weighted by molar-refractivity contribution is 1.25. The molecule has 1 heteroatoms. The smallest absolute Gasteiger partial charge is 0.0201 e. The molecular weight excluding hydrogens is 79.0 g/mol. The Morgan fingerprint density at radius 2 is 2.00 bits per heavy atom. The molecule has 0 N–H and O–H groups in total. The van der Waals surface area contributed by atoms with Crippen LogP contribution in [-0.2, 0) is 0 Å². The first-order valence-corrected chi connectivity index (χ1v) is 4.05. The molecule has 1 heterocycles. The van der Waals surface area contributed by atoms with Gasteiger partial charge < -0.3 is 0 Å². The van der Waals surface area contributed by atoms with E-state index in [9.17, 15) is 0 Å². The molecule has 30 valence electrons. The first-order chi connectivity index (χ1) is 2.30. The van der Waals surface area contributed by atoms with Crippen LogP contribution >= 0.6 is 7.92 Å². The summed E-state index contributed by atoms with van der Waals surface area (Å²) in [6.45, 7) is 4.69. The van der Waals surface area contributed by atoms with Gasteiger partial charge in [0.1, 0.15) is 0 Å². The Bertz CT molecular complexity index is 36.9. The van der Waals surface area contributed by atoms with Crippen LogP contribution in [0.15, 0.2) is 0 Å². The van der Waals surface area contributed by atoms with E-state index in [4.69, 9.17) is 0 Å². The molecule has 0 bridgehead atoms. The standard InChI is InChI=1S/C4H9P/c1-4-3-5(4)2/h4H,3H2,1-2H3/t4?,5-/m1/s1. The monoisotopic (exact) mass is 88.0 g/mol. The third kappa shape index (κ3) is 0.633. The maximum Gasteiger partial charge on any atom is -0.0201 e. The number of rotatable bonds is 0. The molecule has 0 nitrogen and oxygen atoms in total. The van der Waals surface area contributed by atoms with Crippen molar-refractivity contribution in [2.45, 2.75) is 12.6 Å². The van der Waals surface area contributed by atoms with Gasteiger partial charge in [0.05, 0.1) is 0 Å². The minimum Gasteiger partial charge on any atom is -0.106 e. The lowest BCUT2D eigenvalue weighted by atomic mass is 10.6. The summed E-state index contributed by atoms with van der Waals surface area (Å²) in [5, 5.41) is 0. The molecule has 0 aromatic rings. The van der Waals surface area contributed by atoms with Gasteiger partial charge in [-0.15, -0.1) is 7.92 Å². The van der Waals surface area contributed by atoms with Gasteiger partial charge in [0.2, 0.25) is 0 Å². The number of hydrogen-bond donors (Lipinski definition) is 0. The predicted octanol–water partition coefficient (Wildman–Crippen LogP) is 1.50. The van der Waals surface area contributed by atoms with E-state index in [-0.39, 0.29) is 0 Å². The molecule has 2 atom stereocenters. The highest BCUT2D eigenvalue weighted by atomic mass is 31.1. The Kier molecular flexibility index (Phi) is 0.682. The molecule has 0 aliphatic carbocycles. The molecule has 0 saturated carbocycles. The molecule has 0 radical (unpaired) electrons. The Morgan fingerprint density at radius 1 is 1.80 bits per heavy atom. The van der Waals surface area contributed by atoms with Crippen LogP contribution in [0.4, 0.5) is 0 Å². The summed E-state index contributed by atoms with van der Waals surface area (Å²) < 4.78 is 0. The molecule has 1 unspecified atom stereocenters. The van der Waals surface area contributed by atoms with Gasteiger partial charge in [-0.2, -0.15) is 0 Å². The largest absolute Gasteiger partial charge is 0.106 e. The second-order valence-corrected chi connectivity index (χ2v) is 4.55. The minimum absolute atomic E-state index is 0.568. The van der Waals surface area contributed by atoms with Crippen molar-refractivity contribution in [3.63, 3.8) is 0 Å². The van der Waals surface area contributed by atoms with E-state index >= 15 is 0 Å². The fraction of sp³-hybridized carbons (Fsp3) is 1.00. The van der Waals surface area contributed by atoms with E-state index in [1.807, 2.05) is 0 Å². The number of hydrogen-bond acceptors (Lipinski definition) is 0. The molecule has 1 aliphatic rings. The molecule has 1 fully saturated rings. The predicted molar refractivity (Wildman–Crippen MR) is 27.2 cm³/mol. The first kappa shape index (κ1) is 3.61. The van der Waals surface area contributed by atoms with Crippen LogP contribution in [0, 0.1) is 0 Å². The van der Waals surface area contributed by atoms with Crippen LogP contribution in [0.5, 0.6) is 0 Å². The van der Waals surface area contributed by atoms with Crippen molar-refractivity contribution in [2.75, 3.05) is 12.8 Å². The summed E-state index contributed by atoms with van der Waals surface area (Å²) in [6.07, 6.45) is 1.54. The normalized spacial score (nSPS) is 49.2. The Hall–Kier alpha value is 0.430. The summed E-state index contributed by atoms with van der Waals surface area (Å²) in [5.41, 5.74) is 1.12. The second kappa shape index (κ2) is 0.944. The van der Waals surface area contributed by atoms with E-state index in [0.717, 1.165) is 5.66 Å². The first-order valence-electron chi connectivity index (χ1n) is 2.01. The lowest BCUT2D eigenvalue weighted by Crippen LogP contribution is -1.58. The van der Waals surface area contributed by atoms with Crippen LogP contribution in [-0.4, -0.2) is 18.5 Å². The molecule has 0 aromatic carbocycles. The maximum atomic E-state index is 2.36. The Morgan fingerprint density at radius 3 is 2.00 bits per heavy atom. The van der Waals surface area contributed by atoms with Gasteiger partial charge in [-0.3, -0.25) is 0 Å². The Balaban J connectivity index is 2.20. The summed E-state index contributed by atoms with van der Waals surface area (Å²) in [7, 11) is 0.568. The van der Waals surface area contributed by atoms with Gasteiger partial charge in [-0.05, 0) is 18.5 Å². The zero-order chi connectivity index (χ0) is 3.86. The average Bonchev–Trinajstić information content (AvgIpc) is 1.79. The van der Waals surface area contributed by atoms with E-state index in [2.05, 4.69) is 13.6 Å². The summed E-state index contributed by atoms with van der Waals surface area (Å²) in [4.78, 5) is 0. The molecule has 1 aliphatic heterocycles. The molecular formula is C4H9P. The highest BCUT2D eigenvalue weighted by Crippen LogP contribution is 2.54. The van der Waals surface area contributed by atoms with Crippen molar-refractivity contribution in [3.8, 4) is 0 Å². The summed E-state index contributed by atoms with van der Waals surface area (Å²) >= 11 is 0. The molecule has 0 aromatic heterocycles. The van der Waals surface area contributed by atoms with Crippen molar-refractivity contribution >= 4 is 7.92 Å². The van der Waals surface area contributed by atoms with Gasteiger partial charge in [0, 0.05) is 0 Å². The SMILES string of the molecule is CC1C[P@@]1C.